The molecule has 2 amide bonds. The number of rotatable bonds is 8. The molecule has 5 aliphatic rings. The number of aryl methyl sites for hydroxylation is 1. The summed E-state index contributed by atoms with van der Waals surface area (Å²) in [6.07, 6.45) is 16.1. The number of hydrogen-bond acceptors (Lipinski definition) is 6. The van der Waals surface area contributed by atoms with Crippen LogP contribution in [0.25, 0.3) is 11.1 Å². The molecule has 0 N–H and O–H groups in total. The van der Waals surface area contributed by atoms with Crippen LogP contribution < -0.4 is 9.64 Å². The number of ether oxygens (including phenoxy) is 2. The van der Waals surface area contributed by atoms with Crippen LogP contribution in [0.3, 0.4) is 0 Å². The maximum Gasteiger partial charge on any atom is 0.410 e. The number of fused-ring (bicyclic) bond motifs is 3. The van der Waals surface area contributed by atoms with Crippen molar-refractivity contribution in [3.05, 3.63) is 60.0 Å². The molecule has 2 bridgehead atoms. The van der Waals surface area contributed by atoms with Crippen molar-refractivity contribution in [3.63, 3.8) is 0 Å². The molecule has 3 heterocycles. The number of amides is 2. The van der Waals surface area contributed by atoms with Crippen LogP contribution in [0.4, 0.5) is 10.6 Å². The molecule has 274 valence electrons. The normalized spacial score (nSPS) is 27.7. The van der Waals surface area contributed by atoms with Crippen molar-refractivity contribution in [2.45, 2.75) is 122 Å². The van der Waals surface area contributed by atoms with Gasteiger partial charge in [0.1, 0.15) is 17.7 Å². The lowest BCUT2D eigenvalue weighted by Crippen LogP contribution is -2.52. The van der Waals surface area contributed by atoms with Crippen LogP contribution in [0.15, 0.2) is 48.9 Å². The van der Waals surface area contributed by atoms with Crippen LogP contribution in [-0.4, -0.2) is 64.5 Å². The van der Waals surface area contributed by atoms with Gasteiger partial charge in [-0.05, 0) is 150 Å². The Morgan fingerprint density at radius 2 is 1.69 bits per heavy atom. The first-order chi connectivity index (χ1) is 24.4. The van der Waals surface area contributed by atoms with Gasteiger partial charge in [-0.15, -0.1) is 0 Å². The number of likely N-dealkylation sites (tertiary alicyclic amines) is 1. The highest BCUT2D eigenvalue weighted by atomic mass is 16.6. The maximum atomic E-state index is 14.7. The monoisotopic (exact) mass is 695 g/mol. The van der Waals surface area contributed by atoms with Crippen molar-refractivity contribution in [1.29, 1.82) is 0 Å². The Morgan fingerprint density at radius 1 is 0.961 bits per heavy atom. The fourth-order valence-electron chi connectivity index (χ4n) is 9.30. The number of pyridine rings is 1. The highest BCUT2D eigenvalue weighted by Crippen LogP contribution is 2.58. The SMILES string of the molecule is COc1ccc(C23CCC(CN(c4cc(-c5cnn(C(C)(C)C)c5)ccn4)C(=O)[C@H]4CC[C@H](OC(=O)N5CC[C@H](C)C5)CC4)(CC2)CC3)cc1C. The van der Waals surface area contributed by atoms with E-state index in [1.165, 1.54) is 11.1 Å². The minimum absolute atomic E-state index is 0.0628. The third-order valence-electron chi connectivity index (χ3n) is 12.8. The number of nitrogens with zero attached hydrogens (tertiary/aromatic N) is 5. The number of methoxy groups -OCH3 is 1. The van der Waals surface area contributed by atoms with Gasteiger partial charge in [0, 0.05) is 43.5 Å². The van der Waals surface area contributed by atoms with Crippen molar-refractivity contribution in [1.82, 2.24) is 19.7 Å². The zero-order valence-electron chi connectivity index (χ0n) is 31.6. The minimum atomic E-state index is -0.193. The van der Waals surface area contributed by atoms with E-state index in [1.807, 2.05) is 32.9 Å². The van der Waals surface area contributed by atoms with Gasteiger partial charge < -0.3 is 14.4 Å². The van der Waals surface area contributed by atoms with Crippen LogP contribution >= 0.6 is 0 Å². The summed E-state index contributed by atoms with van der Waals surface area (Å²) in [5, 5.41) is 4.64. The standard InChI is InChI=1S/C42H57N5O4/c1-29-14-22-45(26-29)39(49)51-35-10-7-31(8-11-35)38(48)46(37-24-32(13-21-43-37)33-25-44-47(27-33)40(3,4)5)28-41-15-18-42(19-16-41,20-17-41)34-9-12-36(50-6)30(2)23-34/h9,12-13,21,23-25,27,29,31,35H,7-8,10-11,14-20,22,26,28H2,1-6H3/t29-,31-,35-,41?,42?/m0/s1. The van der Waals surface area contributed by atoms with Crippen molar-refractivity contribution in [2.75, 3.05) is 31.6 Å². The van der Waals surface area contributed by atoms with Gasteiger partial charge >= 0.3 is 6.09 Å². The second kappa shape index (κ2) is 13.9. The van der Waals surface area contributed by atoms with Gasteiger partial charge in [0.15, 0.2) is 0 Å². The Hall–Kier alpha value is -3.88. The molecule has 51 heavy (non-hydrogen) atoms. The summed E-state index contributed by atoms with van der Waals surface area (Å²) in [5.41, 5.74) is 4.79. The zero-order valence-corrected chi connectivity index (χ0v) is 31.6. The average molecular weight is 696 g/mol. The van der Waals surface area contributed by atoms with E-state index < -0.39 is 0 Å². The smallest absolute Gasteiger partial charge is 0.410 e. The highest BCUT2D eigenvalue weighted by molar-refractivity contribution is 5.95. The minimum Gasteiger partial charge on any atom is -0.496 e. The molecule has 0 radical (unpaired) electrons. The lowest BCUT2D eigenvalue weighted by molar-refractivity contribution is -0.124. The molecule has 1 aliphatic heterocycles. The maximum absolute atomic E-state index is 14.7. The van der Waals surface area contributed by atoms with E-state index in [9.17, 15) is 9.59 Å². The lowest BCUT2D eigenvalue weighted by atomic mass is 9.51. The summed E-state index contributed by atoms with van der Waals surface area (Å²) in [6, 6.07) is 10.8. The molecular weight excluding hydrogens is 638 g/mol. The molecule has 5 fully saturated rings. The third-order valence-corrected chi connectivity index (χ3v) is 12.8. The molecule has 9 nitrogen and oxygen atoms in total. The van der Waals surface area contributed by atoms with E-state index in [-0.39, 0.29) is 40.4 Å². The van der Waals surface area contributed by atoms with Crippen molar-refractivity contribution in [2.24, 2.45) is 17.3 Å². The van der Waals surface area contributed by atoms with Crippen molar-refractivity contribution >= 4 is 17.8 Å². The molecule has 4 saturated carbocycles. The summed E-state index contributed by atoms with van der Waals surface area (Å²) in [6.45, 7) is 13.0. The van der Waals surface area contributed by atoms with Crippen molar-refractivity contribution < 1.29 is 19.1 Å². The summed E-state index contributed by atoms with van der Waals surface area (Å²) < 4.78 is 13.5. The fraction of sp³-hybridized carbons (Fsp3) is 0.619. The molecular formula is C42H57N5O4. The first-order valence-electron chi connectivity index (χ1n) is 19.3. The topological polar surface area (TPSA) is 89.8 Å². The van der Waals surface area contributed by atoms with E-state index in [0.29, 0.717) is 38.1 Å². The molecule has 4 aliphatic carbocycles. The quantitative estimate of drug-likeness (QED) is 0.234. The highest BCUT2D eigenvalue weighted by Gasteiger charge is 2.51. The molecule has 1 saturated heterocycles. The lowest BCUT2D eigenvalue weighted by Gasteiger charge is -2.55. The first kappa shape index (κ1) is 35.5. The van der Waals surface area contributed by atoms with Crippen LogP contribution in [-0.2, 0) is 20.5 Å². The average Bonchev–Trinajstić information content (AvgIpc) is 3.82. The zero-order chi connectivity index (χ0) is 36.0. The number of carbonyl (C=O) groups is 2. The van der Waals surface area contributed by atoms with Gasteiger partial charge in [0.25, 0.3) is 0 Å². The summed E-state index contributed by atoms with van der Waals surface area (Å²) in [7, 11) is 1.74. The van der Waals surface area contributed by atoms with Gasteiger partial charge in [-0.3, -0.25) is 14.4 Å². The molecule has 1 aromatic carbocycles. The van der Waals surface area contributed by atoms with Crippen LogP contribution in [0, 0.1) is 24.2 Å². The largest absolute Gasteiger partial charge is 0.496 e. The molecule has 9 heteroatoms. The van der Waals surface area contributed by atoms with E-state index in [0.717, 1.165) is 80.7 Å². The van der Waals surface area contributed by atoms with Crippen molar-refractivity contribution in [3.8, 4) is 16.9 Å². The number of hydrogen-bond donors (Lipinski definition) is 0. The molecule has 0 unspecified atom stereocenters. The van der Waals surface area contributed by atoms with Crippen LogP contribution in [0.2, 0.25) is 0 Å². The number of anilines is 1. The van der Waals surface area contributed by atoms with Crippen LogP contribution in [0.5, 0.6) is 5.75 Å². The van der Waals surface area contributed by atoms with Gasteiger partial charge in [0.05, 0.1) is 18.8 Å². The summed E-state index contributed by atoms with van der Waals surface area (Å²) in [5.74, 6) is 2.23. The fourth-order valence-corrected chi connectivity index (χ4v) is 9.30. The molecule has 3 aromatic rings. The summed E-state index contributed by atoms with van der Waals surface area (Å²) >= 11 is 0. The van der Waals surface area contributed by atoms with Gasteiger partial charge in [-0.2, -0.15) is 5.10 Å². The number of benzene rings is 1. The molecule has 2 aromatic heterocycles. The van der Waals surface area contributed by atoms with E-state index in [4.69, 9.17) is 14.5 Å². The predicted molar refractivity (Wildman–Crippen MR) is 200 cm³/mol. The van der Waals surface area contributed by atoms with Gasteiger partial charge in [-0.1, -0.05) is 19.1 Å². The second-order valence-electron chi connectivity index (χ2n) is 17.3. The van der Waals surface area contributed by atoms with E-state index in [1.54, 1.807) is 7.11 Å². The Bertz CT molecular complexity index is 1710. The Kier molecular flexibility index (Phi) is 9.70. The van der Waals surface area contributed by atoms with E-state index in [2.05, 4.69) is 70.2 Å². The number of carbonyl (C=O) groups excluding carboxylic acids is 2. The Balaban J connectivity index is 1.10. The second-order valence-corrected chi connectivity index (χ2v) is 17.3. The Labute approximate surface area is 304 Å². The molecule has 8 rings (SSSR count). The third kappa shape index (κ3) is 7.27. The first-order valence-corrected chi connectivity index (χ1v) is 19.3. The predicted octanol–water partition coefficient (Wildman–Crippen LogP) is 8.68. The Morgan fingerprint density at radius 3 is 2.29 bits per heavy atom. The number of aromatic nitrogens is 3. The van der Waals surface area contributed by atoms with Gasteiger partial charge in [-0.25, -0.2) is 9.78 Å². The molecule has 1 atom stereocenters. The summed E-state index contributed by atoms with van der Waals surface area (Å²) in [4.78, 5) is 36.3. The van der Waals surface area contributed by atoms with Gasteiger partial charge in [0.2, 0.25) is 5.91 Å². The van der Waals surface area contributed by atoms with Crippen LogP contribution in [0.1, 0.15) is 109 Å². The molecule has 0 spiro atoms. The van der Waals surface area contributed by atoms with E-state index >= 15 is 0 Å².